The first-order valence-electron chi connectivity index (χ1n) is 18.7. The van der Waals surface area contributed by atoms with Gasteiger partial charge in [-0.25, -0.2) is 0 Å². The van der Waals surface area contributed by atoms with E-state index in [0.717, 1.165) is 25.9 Å². The van der Waals surface area contributed by atoms with Crippen molar-refractivity contribution in [2.45, 2.75) is 90.9 Å². The molecule has 0 bridgehead atoms. The average Bonchev–Trinajstić information content (AvgIpc) is 3.09. The molecule has 0 spiro atoms. The van der Waals surface area contributed by atoms with E-state index in [2.05, 4.69) is 13.8 Å². The first-order valence-corrected chi connectivity index (χ1v) is 18.7. The standard InChI is InChI=1S/C36H72O12/c1-3-5-7-9-10-12-14-36(37)48-35-34-47-33-32-46-31-30-45-29-28-44-27-26-43-25-24-42-23-22-41-21-20-40-19-18-39-17-16-38-15-13-11-8-6-4-2/h3-35H2,1-2H3. The second kappa shape index (κ2) is 44.1. The van der Waals surface area contributed by atoms with Crippen molar-refractivity contribution in [3.8, 4) is 0 Å². The van der Waals surface area contributed by atoms with Gasteiger partial charge in [0, 0.05) is 13.0 Å². The normalized spacial score (nSPS) is 11.5. The number of carbonyl (C=O) groups excluding carboxylic acids is 1. The first-order chi connectivity index (χ1) is 23.8. The highest BCUT2D eigenvalue weighted by Gasteiger charge is 2.02. The van der Waals surface area contributed by atoms with Crippen LogP contribution >= 0.6 is 0 Å². The summed E-state index contributed by atoms with van der Waals surface area (Å²) in [6.45, 7) is 15.4. The topological polar surface area (TPSA) is 119 Å². The van der Waals surface area contributed by atoms with Crippen LogP contribution in [0, 0.1) is 0 Å². The Hall–Kier alpha value is -0.930. The zero-order chi connectivity index (χ0) is 34.7. The molecule has 0 amide bonds. The van der Waals surface area contributed by atoms with E-state index in [1.165, 1.54) is 51.4 Å². The third-order valence-electron chi connectivity index (χ3n) is 6.97. The van der Waals surface area contributed by atoms with E-state index in [9.17, 15) is 4.79 Å². The Bertz CT molecular complexity index is 599. The molecule has 0 aromatic rings. The molecule has 48 heavy (non-hydrogen) atoms. The van der Waals surface area contributed by atoms with Gasteiger partial charge in [0.25, 0.3) is 0 Å². The molecule has 0 aromatic carbocycles. The highest BCUT2D eigenvalue weighted by molar-refractivity contribution is 5.69. The minimum atomic E-state index is -0.141. The number of rotatable bonds is 43. The lowest BCUT2D eigenvalue weighted by Gasteiger charge is -2.09. The highest BCUT2D eigenvalue weighted by atomic mass is 16.6. The van der Waals surface area contributed by atoms with Gasteiger partial charge in [-0.3, -0.25) is 4.79 Å². The monoisotopic (exact) mass is 697 g/mol. The molecule has 0 fully saturated rings. The molecule has 0 atom stereocenters. The number of carbonyl (C=O) groups is 1. The van der Waals surface area contributed by atoms with Crippen molar-refractivity contribution in [1.29, 1.82) is 0 Å². The van der Waals surface area contributed by atoms with Gasteiger partial charge in [-0.15, -0.1) is 0 Å². The molecule has 0 N–H and O–H groups in total. The van der Waals surface area contributed by atoms with Gasteiger partial charge in [0.15, 0.2) is 0 Å². The predicted octanol–water partition coefficient (Wildman–Crippen LogP) is 5.42. The number of ether oxygens (including phenoxy) is 11. The maximum absolute atomic E-state index is 11.7. The van der Waals surface area contributed by atoms with Crippen LogP contribution in [0.15, 0.2) is 0 Å². The quantitative estimate of drug-likeness (QED) is 0.0599. The third kappa shape index (κ3) is 43.1. The van der Waals surface area contributed by atoms with Crippen LogP contribution in [0.5, 0.6) is 0 Å². The summed E-state index contributed by atoms with van der Waals surface area (Å²) < 4.78 is 60.1. The van der Waals surface area contributed by atoms with Gasteiger partial charge in [0.1, 0.15) is 6.61 Å². The van der Waals surface area contributed by atoms with Crippen molar-refractivity contribution < 1.29 is 56.9 Å². The first kappa shape index (κ1) is 47.1. The molecule has 0 saturated heterocycles. The Morgan fingerprint density at radius 1 is 0.292 bits per heavy atom. The van der Waals surface area contributed by atoms with Gasteiger partial charge >= 0.3 is 5.97 Å². The summed E-state index contributed by atoms with van der Waals surface area (Å²) >= 11 is 0. The molecule has 0 aliphatic carbocycles. The van der Waals surface area contributed by atoms with Crippen molar-refractivity contribution >= 4 is 5.97 Å². The van der Waals surface area contributed by atoms with Crippen LogP contribution < -0.4 is 0 Å². The lowest BCUT2D eigenvalue weighted by molar-refractivity contribution is -0.145. The molecule has 288 valence electrons. The molecular formula is C36H72O12. The van der Waals surface area contributed by atoms with Crippen molar-refractivity contribution in [3.05, 3.63) is 0 Å². The van der Waals surface area contributed by atoms with E-state index in [1.807, 2.05) is 0 Å². The van der Waals surface area contributed by atoms with Gasteiger partial charge < -0.3 is 52.1 Å². The predicted molar refractivity (Wildman–Crippen MR) is 186 cm³/mol. The van der Waals surface area contributed by atoms with Gasteiger partial charge in [-0.05, 0) is 12.8 Å². The lowest BCUT2D eigenvalue weighted by atomic mass is 10.1. The van der Waals surface area contributed by atoms with Crippen LogP contribution in [0.1, 0.15) is 90.9 Å². The van der Waals surface area contributed by atoms with Gasteiger partial charge in [0.2, 0.25) is 0 Å². The molecule has 0 aliphatic rings. The van der Waals surface area contributed by atoms with Crippen LogP contribution in [0.2, 0.25) is 0 Å². The van der Waals surface area contributed by atoms with Crippen LogP contribution in [0.3, 0.4) is 0 Å². The maximum atomic E-state index is 11.7. The maximum Gasteiger partial charge on any atom is 0.305 e. The molecule has 0 rings (SSSR count). The Kier molecular flexibility index (Phi) is 43.2. The molecular weight excluding hydrogens is 624 g/mol. The minimum absolute atomic E-state index is 0.141. The van der Waals surface area contributed by atoms with Crippen molar-refractivity contribution in [3.63, 3.8) is 0 Å². The summed E-state index contributed by atoms with van der Waals surface area (Å²) in [6, 6.07) is 0. The van der Waals surface area contributed by atoms with Crippen LogP contribution in [0.4, 0.5) is 0 Å². The second-order valence-electron chi connectivity index (χ2n) is 11.3. The summed E-state index contributed by atoms with van der Waals surface area (Å²) in [5, 5.41) is 0. The molecule has 0 aliphatic heterocycles. The molecule has 0 radical (unpaired) electrons. The van der Waals surface area contributed by atoms with Crippen LogP contribution in [-0.2, 0) is 56.9 Å². The highest BCUT2D eigenvalue weighted by Crippen LogP contribution is 2.07. The summed E-state index contributed by atoms with van der Waals surface area (Å²) in [6.07, 6.45) is 13.7. The van der Waals surface area contributed by atoms with Crippen molar-refractivity contribution in [2.24, 2.45) is 0 Å². The minimum Gasteiger partial charge on any atom is -0.463 e. The molecule has 12 nitrogen and oxygen atoms in total. The fraction of sp³-hybridized carbons (Fsp3) is 0.972. The largest absolute Gasteiger partial charge is 0.463 e. The van der Waals surface area contributed by atoms with E-state index in [0.29, 0.717) is 132 Å². The summed E-state index contributed by atoms with van der Waals surface area (Å²) in [5.41, 5.74) is 0. The van der Waals surface area contributed by atoms with E-state index in [4.69, 9.17) is 52.1 Å². The van der Waals surface area contributed by atoms with Gasteiger partial charge in [0.05, 0.1) is 126 Å². The number of unbranched alkanes of at least 4 members (excludes halogenated alkanes) is 9. The van der Waals surface area contributed by atoms with E-state index in [1.54, 1.807) is 0 Å². The van der Waals surface area contributed by atoms with Crippen molar-refractivity contribution in [1.82, 2.24) is 0 Å². The Labute approximate surface area is 292 Å². The molecule has 0 heterocycles. The number of hydrogen-bond donors (Lipinski definition) is 0. The number of hydrogen-bond acceptors (Lipinski definition) is 12. The fourth-order valence-electron chi connectivity index (χ4n) is 4.23. The second-order valence-corrected chi connectivity index (χ2v) is 11.3. The smallest absolute Gasteiger partial charge is 0.305 e. The molecule has 0 aromatic heterocycles. The van der Waals surface area contributed by atoms with Gasteiger partial charge in [-0.1, -0.05) is 71.6 Å². The van der Waals surface area contributed by atoms with E-state index in [-0.39, 0.29) is 12.6 Å². The number of esters is 1. The van der Waals surface area contributed by atoms with Crippen molar-refractivity contribution in [2.75, 3.05) is 139 Å². The Balaban J connectivity index is 3.09. The van der Waals surface area contributed by atoms with E-state index < -0.39 is 0 Å². The molecule has 12 heteroatoms. The third-order valence-corrected chi connectivity index (χ3v) is 6.97. The zero-order valence-corrected chi connectivity index (χ0v) is 30.7. The van der Waals surface area contributed by atoms with Crippen LogP contribution in [-0.4, -0.2) is 145 Å². The summed E-state index contributed by atoms with van der Waals surface area (Å²) in [7, 11) is 0. The lowest BCUT2D eigenvalue weighted by Crippen LogP contribution is -2.15. The zero-order valence-electron chi connectivity index (χ0n) is 30.7. The average molecular weight is 697 g/mol. The Morgan fingerprint density at radius 2 is 0.542 bits per heavy atom. The fourth-order valence-corrected chi connectivity index (χ4v) is 4.23. The summed E-state index contributed by atoms with van der Waals surface area (Å²) in [5.74, 6) is -0.141. The van der Waals surface area contributed by atoms with E-state index >= 15 is 0 Å². The summed E-state index contributed by atoms with van der Waals surface area (Å²) in [4.78, 5) is 11.7. The van der Waals surface area contributed by atoms with Gasteiger partial charge in [-0.2, -0.15) is 0 Å². The molecule has 0 unspecified atom stereocenters. The van der Waals surface area contributed by atoms with Crippen LogP contribution in [0.25, 0.3) is 0 Å². The SMILES string of the molecule is CCCCCCCCC(=O)OCCOCCOCCOCCOCCOCCOCCOCCOCCOCCOCCCCCCC. The molecule has 0 saturated carbocycles. The Morgan fingerprint density at radius 3 is 0.875 bits per heavy atom.